The molecule has 2 heterocycles. The molecule has 3 N–H and O–H groups in total. The highest BCUT2D eigenvalue weighted by Gasteiger charge is 2.25. The zero-order chi connectivity index (χ0) is 27.2. The molecule has 0 aliphatic carbocycles. The lowest BCUT2D eigenvalue weighted by Gasteiger charge is -2.09. The third kappa shape index (κ3) is 6.71. The fourth-order valence-corrected chi connectivity index (χ4v) is 4.23. The van der Waals surface area contributed by atoms with Crippen molar-refractivity contribution in [2.45, 2.75) is 44.3 Å². The minimum absolute atomic E-state index is 0.136. The molecule has 0 bridgehead atoms. The fourth-order valence-electron chi connectivity index (χ4n) is 3.67. The number of halogens is 3. The SMILES string of the molecule is COC(=O)CCCCCCC#Cc1cnc(N)c2c(-c3ccc(NS(=O)(=O)C(F)F)c(F)c3)nn(C)c12. The molecule has 13 heteroatoms. The largest absolute Gasteiger partial charge is 0.469 e. The van der Waals surface area contributed by atoms with E-state index in [-0.39, 0.29) is 23.0 Å². The lowest BCUT2D eigenvalue weighted by atomic mass is 10.1. The zero-order valence-electron chi connectivity index (χ0n) is 20.2. The number of nitrogens with two attached hydrogens (primary N) is 1. The van der Waals surface area contributed by atoms with Crippen LogP contribution in [0.5, 0.6) is 0 Å². The summed E-state index contributed by atoms with van der Waals surface area (Å²) in [5, 5.41) is 4.85. The van der Waals surface area contributed by atoms with Crippen LogP contribution in [0.15, 0.2) is 24.4 Å². The van der Waals surface area contributed by atoms with Gasteiger partial charge in [-0.2, -0.15) is 13.9 Å². The molecule has 2 aromatic heterocycles. The van der Waals surface area contributed by atoms with Crippen molar-refractivity contribution in [3.8, 4) is 23.1 Å². The number of pyridine rings is 1. The second kappa shape index (κ2) is 12.0. The average molecular weight is 538 g/mol. The van der Waals surface area contributed by atoms with Crippen molar-refractivity contribution in [3.05, 3.63) is 35.8 Å². The number of nitrogens with zero attached hydrogens (tertiary/aromatic N) is 3. The number of carbonyl (C=O) groups excluding carboxylic acids is 1. The van der Waals surface area contributed by atoms with Crippen LogP contribution in [0, 0.1) is 17.7 Å². The first kappa shape index (κ1) is 27.8. The van der Waals surface area contributed by atoms with Crippen LogP contribution in [0.2, 0.25) is 0 Å². The Labute approximate surface area is 212 Å². The Morgan fingerprint density at radius 2 is 1.97 bits per heavy atom. The van der Waals surface area contributed by atoms with Crippen molar-refractivity contribution in [2.24, 2.45) is 7.05 Å². The molecule has 37 heavy (non-hydrogen) atoms. The molecule has 3 aromatic rings. The number of sulfonamides is 1. The molecule has 0 atom stereocenters. The maximum Gasteiger partial charge on any atom is 0.355 e. The van der Waals surface area contributed by atoms with E-state index in [0.717, 1.165) is 37.8 Å². The Morgan fingerprint density at radius 3 is 2.65 bits per heavy atom. The first-order valence-corrected chi connectivity index (χ1v) is 12.9. The highest BCUT2D eigenvalue weighted by atomic mass is 32.2. The Morgan fingerprint density at radius 1 is 1.24 bits per heavy atom. The van der Waals surface area contributed by atoms with Crippen LogP contribution in [0.25, 0.3) is 22.2 Å². The number of aryl methyl sites for hydroxylation is 1. The van der Waals surface area contributed by atoms with E-state index < -0.39 is 27.3 Å². The Bertz CT molecular complexity index is 1460. The molecule has 0 spiro atoms. The molecule has 3 rings (SSSR count). The summed E-state index contributed by atoms with van der Waals surface area (Å²) in [7, 11) is -1.99. The minimum atomic E-state index is -5.02. The lowest BCUT2D eigenvalue weighted by Crippen LogP contribution is -2.21. The van der Waals surface area contributed by atoms with Gasteiger partial charge in [-0.1, -0.05) is 30.7 Å². The molecule has 0 unspecified atom stereocenters. The Hall–Kier alpha value is -3.79. The van der Waals surface area contributed by atoms with Gasteiger partial charge in [0.2, 0.25) is 0 Å². The van der Waals surface area contributed by atoms with Crippen molar-refractivity contribution < 1.29 is 31.1 Å². The third-order valence-electron chi connectivity index (χ3n) is 5.50. The number of hydrogen-bond acceptors (Lipinski definition) is 7. The van der Waals surface area contributed by atoms with Gasteiger partial charge in [0.05, 0.1) is 29.3 Å². The van der Waals surface area contributed by atoms with E-state index in [2.05, 4.69) is 26.7 Å². The van der Waals surface area contributed by atoms with Gasteiger partial charge in [-0.3, -0.25) is 14.2 Å². The number of esters is 1. The molecule has 0 aliphatic heterocycles. The second-order valence-electron chi connectivity index (χ2n) is 8.15. The molecule has 1 aromatic carbocycles. The van der Waals surface area contributed by atoms with Crippen molar-refractivity contribution >= 4 is 38.4 Å². The summed E-state index contributed by atoms with van der Waals surface area (Å²) in [4.78, 5) is 15.3. The summed E-state index contributed by atoms with van der Waals surface area (Å²) in [5.41, 5.74) is 7.15. The van der Waals surface area contributed by atoms with E-state index in [1.165, 1.54) is 28.8 Å². The summed E-state index contributed by atoms with van der Waals surface area (Å²) in [6, 6.07) is 3.35. The first-order valence-electron chi connectivity index (χ1n) is 11.3. The number of methoxy groups -OCH3 is 1. The molecule has 0 saturated heterocycles. The van der Waals surface area contributed by atoms with Gasteiger partial charge in [0.1, 0.15) is 17.3 Å². The summed E-state index contributed by atoms with van der Waals surface area (Å²) in [6.07, 6.45) is 6.00. The van der Waals surface area contributed by atoms with E-state index in [0.29, 0.717) is 29.3 Å². The molecule has 0 saturated carbocycles. The van der Waals surface area contributed by atoms with Gasteiger partial charge in [0.15, 0.2) is 0 Å². The number of benzene rings is 1. The molecule has 9 nitrogen and oxygen atoms in total. The molecule has 0 radical (unpaired) electrons. The van der Waals surface area contributed by atoms with Crippen molar-refractivity contribution in [3.63, 3.8) is 0 Å². The van der Waals surface area contributed by atoms with Crippen molar-refractivity contribution in [1.29, 1.82) is 0 Å². The van der Waals surface area contributed by atoms with Crippen LogP contribution < -0.4 is 10.5 Å². The fraction of sp³-hybridized carbons (Fsp3) is 0.375. The van der Waals surface area contributed by atoms with Crippen LogP contribution in [-0.4, -0.2) is 42.0 Å². The summed E-state index contributed by atoms with van der Waals surface area (Å²) in [6.45, 7) is 0. The highest BCUT2D eigenvalue weighted by molar-refractivity contribution is 7.93. The number of carbonyl (C=O) groups is 1. The quantitative estimate of drug-likeness (QED) is 0.225. The van der Waals surface area contributed by atoms with Crippen molar-refractivity contribution in [1.82, 2.24) is 14.8 Å². The molecule has 198 valence electrons. The van der Waals surface area contributed by atoms with E-state index in [1.807, 2.05) is 0 Å². The summed E-state index contributed by atoms with van der Waals surface area (Å²) in [5.74, 6) is 1.32. The predicted octanol–water partition coefficient (Wildman–Crippen LogP) is 4.19. The number of hydrogen-bond donors (Lipinski definition) is 2. The number of nitrogens with one attached hydrogen (secondary N) is 1. The number of alkyl halides is 2. The Kier molecular flexibility index (Phi) is 8.99. The highest BCUT2D eigenvalue weighted by Crippen LogP contribution is 2.34. The van der Waals surface area contributed by atoms with Gasteiger partial charge >= 0.3 is 11.7 Å². The second-order valence-corrected chi connectivity index (χ2v) is 9.80. The summed E-state index contributed by atoms with van der Waals surface area (Å²) >= 11 is 0. The van der Waals surface area contributed by atoms with E-state index >= 15 is 0 Å². The van der Waals surface area contributed by atoms with Crippen molar-refractivity contribution in [2.75, 3.05) is 17.6 Å². The number of ether oxygens (including phenoxy) is 1. The number of unbranched alkanes of at least 4 members (excludes halogenated alkanes) is 4. The minimum Gasteiger partial charge on any atom is -0.469 e. The average Bonchev–Trinajstić information content (AvgIpc) is 3.21. The number of aromatic nitrogens is 3. The number of nitrogen functional groups attached to an aromatic ring is 1. The topological polar surface area (TPSA) is 129 Å². The monoisotopic (exact) mass is 537 g/mol. The molecule has 0 fully saturated rings. The lowest BCUT2D eigenvalue weighted by molar-refractivity contribution is -0.140. The number of fused-ring (bicyclic) bond motifs is 1. The van der Waals surface area contributed by atoms with Gasteiger partial charge in [-0.15, -0.1) is 0 Å². The number of anilines is 2. The maximum absolute atomic E-state index is 14.6. The predicted molar refractivity (Wildman–Crippen MR) is 133 cm³/mol. The van der Waals surface area contributed by atoms with Crippen LogP contribution in [0.1, 0.15) is 44.1 Å². The van der Waals surface area contributed by atoms with Gasteiger partial charge in [-0.05, 0) is 25.0 Å². The summed E-state index contributed by atoms with van der Waals surface area (Å²) < 4.78 is 70.3. The Balaban J connectivity index is 1.80. The van der Waals surface area contributed by atoms with Gasteiger partial charge in [0.25, 0.3) is 10.0 Å². The molecular weight excluding hydrogens is 511 g/mol. The van der Waals surface area contributed by atoms with Gasteiger partial charge in [-0.25, -0.2) is 17.8 Å². The molecular formula is C24H26F3N5O4S. The third-order valence-corrected chi connectivity index (χ3v) is 6.48. The van der Waals surface area contributed by atoms with E-state index in [1.54, 1.807) is 7.05 Å². The normalized spacial score (nSPS) is 11.4. The standard InChI is InChI=1S/C24H26F3N5O4S/c1-32-22-16(9-7-5-3-4-6-8-10-19(33)36-2)14-29-23(28)20(22)21(30-32)15-11-12-18(17(25)13-15)31-37(34,35)24(26)27/h11-14,24,31H,3-6,8,10H2,1-2H3,(H2,28,29). The zero-order valence-corrected chi connectivity index (χ0v) is 21.0. The number of rotatable bonds is 10. The molecule has 0 amide bonds. The van der Waals surface area contributed by atoms with Crippen LogP contribution >= 0.6 is 0 Å². The van der Waals surface area contributed by atoms with E-state index in [9.17, 15) is 26.4 Å². The first-order chi connectivity index (χ1) is 17.5. The molecule has 0 aliphatic rings. The van der Waals surface area contributed by atoms with E-state index in [4.69, 9.17) is 5.73 Å². The smallest absolute Gasteiger partial charge is 0.355 e. The van der Waals surface area contributed by atoms with Crippen LogP contribution in [0.4, 0.5) is 24.7 Å². The van der Waals surface area contributed by atoms with Gasteiger partial charge in [0, 0.05) is 31.6 Å². The van der Waals surface area contributed by atoms with Crippen LogP contribution in [-0.2, 0) is 26.6 Å². The van der Waals surface area contributed by atoms with Gasteiger partial charge < -0.3 is 10.5 Å². The van der Waals surface area contributed by atoms with Crippen LogP contribution in [0.3, 0.4) is 0 Å². The maximum atomic E-state index is 14.6.